The highest BCUT2D eigenvalue weighted by Gasteiger charge is 2.12. The molecule has 96 valence electrons. The van der Waals surface area contributed by atoms with Gasteiger partial charge in [-0.25, -0.2) is 0 Å². The molecule has 18 heavy (non-hydrogen) atoms. The van der Waals surface area contributed by atoms with Crippen LogP contribution in [0.15, 0.2) is 22.7 Å². The van der Waals surface area contributed by atoms with Crippen LogP contribution in [-0.4, -0.2) is 15.4 Å². The fraction of sp³-hybridized carbons (Fsp3) is 0.333. The van der Waals surface area contributed by atoms with Gasteiger partial charge in [0, 0.05) is 10.7 Å². The predicted molar refractivity (Wildman–Crippen MR) is 75.6 cm³/mol. The minimum absolute atomic E-state index is 0.434. The molecule has 0 saturated carbocycles. The smallest absolute Gasteiger partial charge is 0.260 e. The first-order valence-corrected chi connectivity index (χ1v) is 6.98. The second kappa shape index (κ2) is 5.63. The van der Waals surface area contributed by atoms with Crippen molar-refractivity contribution in [1.29, 1.82) is 0 Å². The Balaban J connectivity index is 2.18. The minimum atomic E-state index is 0.434. The van der Waals surface area contributed by atoms with Crippen molar-refractivity contribution in [2.24, 2.45) is 0 Å². The number of nitrogen functional groups attached to an aromatic ring is 1. The Morgan fingerprint density at radius 1 is 1.44 bits per heavy atom. The SMILES string of the molecule is CC(C)SCc1noc(-c2ccc(Cl)cc2N)n1. The summed E-state index contributed by atoms with van der Waals surface area (Å²) in [4.78, 5) is 4.32. The summed E-state index contributed by atoms with van der Waals surface area (Å²) in [7, 11) is 0. The maximum atomic E-state index is 5.87. The van der Waals surface area contributed by atoms with E-state index >= 15 is 0 Å². The Labute approximate surface area is 115 Å². The highest BCUT2D eigenvalue weighted by molar-refractivity contribution is 7.99. The molecule has 2 aromatic rings. The fourth-order valence-electron chi connectivity index (χ4n) is 1.39. The first kappa shape index (κ1) is 13.2. The van der Waals surface area contributed by atoms with Crippen molar-refractivity contribution in [3.05, 3.63) is 29.0 Å². The number of nitrogens with zero attached hydrogens (tertiary/aromatic N) is 2. The zero-order valence-corrected chi connectivity index (χ0v) is 11.8. The second-order valence-electron chi connectivity index (χ2n) is 4.11. The topological polar surface area (TPSA) is 64.9 Å². The number of hydrogen-bond acceptors (Lipinski definition) is 5. The van der Waals surface area contributed by atoms with E-state index in [1.807, 2.05) is 0 Å². The van der Waals surface area contributed by atoms with Gasteiger partial charge in [-0.2, -0.15) is 16.7 Å². The molecule has 0 aliphatic heterocycles. The molecule has 0 unspecified atom stereocenters. The lowest BCUT2D eigenvalue weighted by Crippen LogP contribution is -1.92. The molecule has 1 heterocycles. The van der Waals surface area contributed by atoms with Crippen molar-refractivity contribution in [1.82, 2.24) is 10.1 Å². The maximum absolute atomic E-state index is 5.87. The van der Waals surface area contributed by atoms with E-state index in [0.717, 1.165) is 5.75 Å². The number of rotatable bonds is 4. The van der Waals surface area contributed by atoms with E-state index in [1.54, 1.807) is 30.0 Å². The quantitative estimate of drug-likeness (QED) is 0.868. The number of nitrogens with two attached hydrogens (primary N) is 1. The number of anilines is 1. The lowest BCUT2D eigenvalue weighted by molar-refractivity contribution is 0.425. The Morgan fingerprint density at radius 2 is 2.22 bits per heavy atom. The van der Waals surface area contributed by atoms with E-state index in [2.05, 4.69) is 24.0 Å². The summed E-state index contributed by atoms with van der Waals surface area (Å²) in [6.07, 6.45) is 0. The molecule has 6 heteroatoms. The lowest BCUT2D eigenvalue weighted by atomic mass is 10.2. The highest BCUT2D eigenvalue weighted by atomic mass is 35.5. The van der Waals surface area contributed by atoms with E-state index in [-0.39, 0.29) is 0 Å². The van der Waals surface area contributed by atoms with Crippen molar-refractivity contribution >= 4 is 29.1 Å². The third kappa shape index (κ3) is 3.17. The molecule has 4 nitrogen and oxygen atoms in total. The van der Waals surface area contributed by atoms with Gasteiger partial charge in [-0.3, -0.25) is 0 Å². The van der Waals surface area contributed by atoms with Gasteiger partial charge in [0.05, 0.1) is 11.3 Å². The molecule has 0 aliphatic carbocycles. The molecule has 0 amide bonds. The number of halogens is 1. The number of thioether (sulfide) groups is 1. The van der Waals surface area contributed by atoms with Crippen molar-refractivity contribution in [2.45, 2.75) is 24.9 Å². The van der Waals surface area contributed by atoms with Crippen LogP contribution >= 0.6 is 23.4 Å². The molecule has 0 atom stereocenters. The Kier molecular flexibility index (Phi) is 4.14. The Morgan fingerprint density at radius 3 is 2.89 bits per heavy atom. The highest BCUT2D eigenvalue weighted by Crippen LogP contribution is 2.27. The monoisotopic (exact) mass is 283 g/mol. The zero-order valence-electron chi connectivity index (χ0n) is 10.2. The summed E-state index contributed by atoms with van der Waals surface area (Å²) < 4.78 is 5.21. The first-order valence-electron chi connectivity index (χ1n) is 5.56. The molecule has 0 spiro atoms. The fourth-order valence-corrected chi connectivity index (χ4v) is 2.17. The number of aromatic nitrogens is 2. The van der Waals surface area contributed by atoms with Gasteiger partial charge in [0.15, 0.2) is 5.82 Å². The molecular formula is C12H14ClN3OS. The summed E-state index contributed by atoms with van der Waals surface area (Å²) in [6.45, 7) is 4.26. The van der Waals surface area contributed by atoms with Gasteiger partial charge in [-0.05, 0) is 23.4 Å². The zero-order chi connectivity index (χ0) is 13.1. The van der Waals surface area contributed by atoms with Crippen LogP contribution in [0.3, 0.4) is 0 Å². The average molecular weight is 284 g/mol. The Hall–Kier alpha value is -1.20. The van der Waals surface area contributed by atoms with Gasteiger partial charge in [0.25, 0.3) is 5.89 Å². The summed E-state index contributed by atoms with van der Waals surface area (Å²) in [6, 6.07) is 5.20. The van der Waals surface area contributed by atoms with Crippen molar-refractivity contribution in [3.63, 3.8) is 0 Å². The molecule has 1 aromatic carbocycles. The predicted octanol–water partition coefficient (Wildman–Crippen LogP) is 3.61. The molecule has 0 radical (unpaired) electrons. The molecule has 0 aliphatic rings. The first-order chi connectivity index (χ1) is 8.56. The normalized spacial score (nSPS) is 11.1. The standard InChI is InChI=1S/C12H14ClN3OS/c1-7(2)18-6-11-15-12(17-16-11)9-4-3-8(13)5-10(9)14/h3-5,7H,6,14H2,1-2H3. The summed E-state index contributed by atoms with van der Waals surface area (Å²) in [5.41, 5.74) is 7.12. The van der Waals surface area contributed by atoms with E-state index < -0.39 is 0 Å². The van der Waals surface area contributed by atoms with Crippen LogP contribution in [0.1, 0.15) is 19.7 Å². The van der Waals surface area contributed by atoms with Gasteiger partial charge in [-0.1, -0.05) is 30.6 Å². The van der Waals surface area contributed by atoms with Gasteiger partial charge in [0.1, 0.15) is 0 Å². The van der Waals surface area contributed by atoms with Crippen LogP contribution in [0, 0.1) is 0 Å². The largest absolute Gasteiger partial charge is 0.398 e. The van der Waals surface area contributed by atoms with E-state index in [9.17, 15) is 0 Å². The van der Waals surface area contributed by atoms with Gasteiger partial charge < -0.3 is 10.3 Å². The number of hydrogen-bond donors (Lipinski definition) is 1. The van der Waals surface area contributed by atoms with E-state index in [1.165, 1.54) is 0 Å². The molecular weight excluding hydrogens is 270 g/mol. The number of benzene rings is 1. The van der Waals surface area contributed by atoms with E-state index in [4.69, 9.17) is 21.9 Å². The molecule has 0 saturated heterocycles. The molecule has 2 N–H and O–H groups in total. The van der Waals surface area contributed by atoms with Crippen LogP contribution < -0.4 is 5.73 Å². The summed E-state index contributed by atoms with van der Waals surface area (Å²) >= 11 is 7.61. The van der Waals surface area contributed by atoms with Crippen molar-refractivity contribution in [2.75, 3.05) is 5.73 Å². The Bertz CT molecular complexity index is 542. The van der Waals surface area contributed by atoms with Crippen LogP contribution in [-0.2, 0) is 5.75 Å². The maximum Gasteiger partial charge on any atom is 0.260 e. The molecule has 0 bridgehead atoms. The average Bonchev–Trinajstić information content (AvgIpc) is 2.75. The lowest BCUT2D eigenvalue weighted by Gasteiger charge is -2.00. The molecule has 0 fully saturated rings. The van der Waals surface area contributed by atoms with Crippen LogP contribution in [0.4, 0.5) is 5.69 Å². The van der Waals surface area contributed by atoms with Crippen LogP contribution in [0.5, 0.6) is 0 Å². The van der Waals surface area contributed by atoms with Crippen LogP contribution in [0.25, 0.3) is 11.5 Å². The molecule has 2 rings (SSSR count). The summed E-state index contributed by atoms with van der Waals surface area (Å²) in [5, 5.41) is 5.06. The third-order valence-corrected chi connectivity index (χ3v) is 3.58. The van der Waals surface area contributed by atoms with E-state index in [0.29, 0.717) is 33.2 Å². The van der Waals surface area contributed by atoms with Crippen LogP contribution in [0.2, 0.25) is 5.02 Å². The van der Waals surface area contributed by atoms with Gasteiger partial charge in [0.2, 0.25) is 0 Å². The molecule has 1 aromatic heterocycles. The minimum Gasteiger partial charge on any atom is -0.398 e. The second-order valence-corrected chi connectivity index (χ2v) is 6.11. The van der Waals surface area contributed by atoms with Crippen molar-refractivity contribution in [3.8, 4) is 11.5 Å². The van der Waals surface area contributed by atoms with Crippen molar-refractivity contribution < 1.29 is 4.52 Å². The van der Waals surface area contributed by atoms with Gasteiger partial charge >= 0.3 is 0 Å². The summed E-state index contributed by atoms with van der Waals surface area (Å²) in [5.74, 6) is 1.84. The third-order valence-electron chi connectivity index (χ3n) is 2.26. The van der Waals surface area contributed by atoms with Gasteiger partial charge in [-0.15, -0.1) is 0 Å².